The summed E-state index contributed by atoms with van der Waals surface area (Å²) in [5.74, 6) is 0.700. The molecule has 7 heteroatoms. The van der Waals surface area contributed by atoms with Crippen LogP contribution in [0, 0.1) is 5.92 Å². The first kappa shape index (κ1) is 21.4. The Kier molecular flexibility index (Phi) is 6.78. The molecule has 0 saturated heterocycles. The fourth-order valence-corrected chi connectivity index (χ4v) is 4.89. The Hall–Kier alpha value is -1.86. The summed E-state index contributed by atoms with van der Waals surface area (Å²) < 4.78 is 3.60. The van der Waals surface area contributed by atoms with Crippen LogP contribution in [0.4, 0.5) is 0 Å². The van der Waals surface area contributed by atoms with E-state index in [0.717, 1.165) is 55.6 Å². The van der Waals surface area contributed by atoms with Crippen LogP contribution in [0.25, 0.3) is 10.9 Å². The van der Waals surface area contributed by atoms with Gasteiger partial charge in [-0.05, 0) is 49.8 Å². The predicted molar refractivity (Wildman–Crippen MR) is 119 cm³/mol. The van der Waals surface area contributed by atoms with Crippen LogP contribution in [0.2, 0.25) is 0 Å². The number of unbranched alkanes of at least 4 members (excludes halogenated alkanes) is 3. The normalized spacial score (nSPS) is 16.0. The Labute approximate surface area is 185 Å². The Morgan fingerprint density at radius 2 is 1.90 bits per heavy atom. The van der Waals surface area contributed by atoms with E-state index >= 15 is 0 Å². The van der Waals surface area contributed by atoms with Gasteiger partial charge in [-0.2, -0.15) is 0 Å². The van der Waals surface area contributed by atoms with E-state index in [9.17, 15) is 9.59 Å². The number of amides is 2. The fraction of sp³-hybridized carbons (Fsp3) is 0.565. The summed E-state index contributed by atoms with van der Waals surface area (Å²) in [7, 11) is 0. The minimum absolute atomic E-state index is 0.229. The van der Waals surface area contributed by atoms with Crippen molar-refractivity contribution < 1.29 is 14.8 Å². The molecular weight excluding hydrogens is 446 g/mol. The van der Waals surface area contributed by atoms with Crippen molar-refractivity contribution in [1.82, 2.24) is 14.9 Å². The Morgan fingerprint density at radius 3 is 2.63 bits per heavy atom. The number of hydroxylamine groups is 1. The van der Waals surface area contributed by atoms with Crippen LogP contribution < -0.4 is 5.48 Å². The lowest BCUT2D eigenvalue weighted by molar-refractivity contribution is -0.132. The van der Waals surface area contributed by atoms with Crippen molar-refractivity contribution in [2.75, 3.05) is 6.54 Å². The molecule has 2 aromatic rings. The number of fused-ring (bicyclic) bond motifs is 3. The van der Waals surface area contributed by atoms with Gasteiger partial charge in [-0.3, -0.25) is 14.8 Å². The van der Waals surface area contributed by atoms with Gasteiger partial charge in [0.15, 0.2) is 0 Å². The van der Waals surface area contributed by atoms with Crippen LogP contribution in [-0.4, -0.2) is 33.0 Å². The van der Waals surface area contributed by atoms with Crippen molar-refractivity contribution >= 4 is 38.6 Å². The van der Waals surface area contributed by atoms with Gasteiger partial charge in [-0.15, -0.1) is 0 Å². The SMILES string of the molecule is O=C(CCCCCCC(=O)N1CCc2c(c3cc(Br)ccc3n2CC2CC2)C1)NO. The number of rotatable bonds is 9. The molecule has 2 N–H and O–H groups in total. The number of carbonyl (C=O) groups is 2. The maximum absolute atomic E-state index is 12.8. The molecule has 162 valence electrons. The minimum Gasteiger partial charge on any atom is -0.344 e. The molecule has 2 amide bonds. The van der Waals surface area contributed by atoms with E-state index in [1.54, 1.807) is 5.48 Å². The second-order valence-corrected chi connectivity index (χ2v) is 9.57. The smallest absolute Gasteiger partial charge is 0.243 e. The summed E-state index contributed by atoms with van der Waals surface area (Å²) in [5.41, 5.74) is 5.69. The van der Waals surface area contributed by atoms with E-state index < -0.39 is 0 Å². The van der Waals surface area contributed by atoms with Gasteiger partial charge in [0.05, 0.1) is 0 Å². The average molecular weight is 476 g/mol. The number of benzene rings is 1. The van der Waals surface area contributed by atoms with Crippen LogP contribution in [-0.2, 0) is 29.1 Å². The van der Waals surface area contributed by atoms with Crippen LogP contribution >= 0.6 is 15.9 Å². The summed E-state index contributed by atoms with van der Waals surface area (Å²) in [5, 5.41) is 9.78. The molecule has 6 nitrogen and oxygen atoms in total. The van der Waals surface area contributed by atoms with E-state index in [4.69, 9.17) is 5.21 Å². The maximum Gasteiger partial charge on any atom is 0.243 e. The minimum atomic E-state index is -0.345. The summed E-state index contributed by atoms with van der Waals surface area (Å²) >= 11 is 3.62. The van der Waals surface area contributed by atoms with Gasteiger partial charge in [0.25, 0.3) is 0 Å². The second kappa shape index (κ2) is 9.52. The van der Waals surface area contributed by atoms with Crippen LogP contribution in [0.5, 0.6) is 0 Å². The molecule has 0 radical (unpaired) electrons. The summed E-state index contributed by atoms with van der Waals surface area (Å²) in [4.78, 5) is 25.8. The van der Waals surface area contributed by atoms with Crippen LogP contribution in [0.15, 0.2) is 22.7 Å². The molecule has 0 spiro atoms. The number of hydrogen-bond acceptors (Lipinski definition) is 3. The standard InChI is InChI=1S/C23H30BrN3O3/c24-17-9-10-20-18(13-17)19-15-26(12-11-21(19)27(20)14-16-7-8-16)23(29)6-4-2-1-3-5-22(28)25-30/h9-10,13,16,30H,1-8,11-12,14-15H2,(H,25,28). The lowest BCUT2D eigenvalue weighted by atomic mass is 10.0. The highest BCUT2D eigenvalue weighted by Gasteiger charge is 2.29. The van der Waals surface area contributed by atoms with Crippen molar-refractivity contribution in [1.29, 1.82) is 0 Å². The van der Waals surface area contributed by atoms with Gasteiger partial charge in [0.1, 0.15) is 0 Å². The molecule has 1 saturated carbocycles. The number of aromatic nitrogens is 1. The molecule has 30 heavy (non-hydrogen) atoms. The third-order valence-corrected chi connectivity index (χ3v) is 6.87. The fourth-order valence-electron chi connectivity index (χ4n) is 4.53. The molecule has 4 rings (SSSR count). The zero-order valence-corrected chi connectivity index (χ0v) is 18.9. The molecule has 0 atom stereocenters. The quantitative estimate of drug-likeness (QED) is 0.317. The summed E-state index contributed by atoms with van der Waals surface area (Å²) in [6, 6.07) is 6.53. The first-order valence-electron chi connectivity index (χ1n) is 11.1. The molecule has 0 bridgehead atoms. The molecule has 1 aromatic heterocycles. The molecular formula is C23H30BrN3O3. The number of nitrogens with one attached hydrogen (secondary N) is 1. The van der Waals surface area contributed by atoms with E-state index in [0.29, 0.717) is 19.4 Å². The highest BCUT2D eigenvalue weighted by molar-refractivity contribution is 9.10. The summed E-state index contributed by atoms with van der Waals surface area (Å²) in [6.07, 6.45) is 7.90. The van der Waals surface area contributed by atoms with Gasteiger partial charge >= 0.3 is 0 Å². The van der Waals surface area contributed by atoms with E-state index in [1.165, 1.54) is 35.0 Å². The largest absolute Gasteiger partial charge is 0.344 e. The van der Waals surface area contributed by atoms with Crippen molar-refractivity contribution in [3.05, 3.63) is 33.9 Å². The number of carbonyl (C=O) groups excluding carboxylic acids is 2. The highest BCUT2D eigenvalue weighted by atomic mass is 79.9. The average Bonchev–Trinajstić information content (AvgIpc) is 3.53. The summed E-state index contributed by atoms with van der Waals surface area (Å²) in [6.45, 7) is 2.61. The highest BCUT2D eigenvalue weighted by Crippen LogP contribution is 2.37. The van der Waals surface area contributed by atoms with Crippen molar-refractivity contribution in [3.8, 4) is 0 Å². The molecule has 1 aromatic carbocycles. The molecule has 1 fully saturated rings. The number of hydrogen-bond donors (Lipinski definition) is 2. The van der Waals surface area contributed by atoms with Gasteiger partial charge in [-0.25, -0.2) is 5.48 Å². The molecule has 2 heterocycles. The van der Waals surface area contributed by atoms with Crippen LogP contribution in [0.1, 0.15) is 62.6 Å². The first-order chi connectivity index (χ1) is 14.6. The zero-order chi connectivity index (χ0) is 21.1. The van der Waals surface area contributed by atoms with Crippen molar-refractivity contribution in [3.63, 3.8) is 0 Å². The molecule has 1 aliphatic heterocycles. The number of nitrogens with zero attached hydrogens (tertiary/aromatic N) is 2. The van der Waals surface area contributed by atoms with Crippen molar-refractivity contribution in [2.45, 2.75) is 70.9 Å². The predicted octanol–water partition coefficient (Wildman–Crippen LogP) is 4.54. The third kappa shape index (κ3) is 4.89. The van der Waals surface area contributed by atoms with E-state index in [-0.39, 0.29) is 11.8 Å². The lowest BCUT2D eigenvalue weighted by Crippen LogP contribution is -2.36. The van der Waals surface area contributed by atoms with Crippen LogP contribution in [0.3, 0.4) is 0 Å². The van der Waals surface area contributed by atoms with E-state index in [1.807, 2.05) is 4.90 Å². The maximum atomic E-state index is 12.8. The Bertz CT molecular complexity index is 935. The molecule has 2 aliphatic rings. The second-order valence-electron chi connectivity index (χ2n) is 8.66. The zero-order valence-electron chi connectivity index (χ0n) is 17.3. The van der Waals surface area contributed by atoms with Gasteiger partial charge < -0.3 is 9.47 Å². The van der Waals surface area contributed by atoms with Gasteiger partial charge in [0.2, 0.25) is 11.8 Å². The topological polar surface area (TPSA) is 74.6 Å². The van der Waals surface area contributed by atoms with Crippen molar-refractivity contribution in [2.24, 2.45) is 5.92 Å². The Morgan fingerprint density at radius 1 is 1.13 bits per heavy atom. The molecule has 1 aliphatic carbocycles. The molecule has 0 unspecified atom stereocenters. The van der Waals surface area contributed by atoms with E-state index in [2.05, 4.69) is 38.7 Å². The lowest BCUT2D eigenvalue weighted by Gasteiger charge is -2.28. The first-order valence-corrected chi connectivity index (χ1v) is 11.9. The van der Waals surface area contributed by atoms with Gasteiger partial charge in [0, 0.05) is 65.5 Å². The van der Waals surface area contributed by atoms with Gasteiger partial charge in [-0.1, -0.05) is 28.8 Å². The Balaban J connectivity index is 1.37. The number of halogens is 1. The monoisotopic (exact) mass is 475 g/mol. The third-order valence-electron chi connectivity index (χ3n) is 6.38.